The van der Waals surface area contributed by atoms with Gasteiger partial charge in [-0.1, -0.05) is 180 Å². The van der Waals surface area contributed by atoms with Crippen molar-refractivity contribution in [2.45, 2.75) is 496 Å². The van der Waals surface area contributed by atoms with Crippen LogP contribution < -0.4 is 21.3 Å². The molecule has 31 N–H and O–H groups in total. The van der Waals surface area contributed by atoms with E-state index in [2.05, 4.69) is 35.1 Å². The van der Waals surface area contributed by atoms with Crippen molar-refractivity contribution in [3.8, 4) is 0 Å². The van der Waals surface area contributed by atoms with E-state index in [1.54, 1.807) is 6.08 Å². The van der Waals surface area contributed by atoms with Crippen LogP contribution in [0, 0.1) is 0 Å². The lowest BCUT2D eigenvalue weighted by Crippen LogP contribution is -2.73. The summed E-state index contributed by atoms with van der Waals surface area (Å²) in [4.78, 5) is 81.5. The summed E-state index contributed by atoms with van der Waals surface area (Å²) in [5, 5.41) is 318. The quantitative estimate of drug-likeness (QED) is 0.0199. The monoisotopic (exact) mass is 2160 g/mol. The van der Waals surface area contributed by atoms with Gasteiger partial charge in [-0.15, -0.1) is 0 Å². The molecule has 8 aliphatic rings. The molecule has 0 bridgehead atoms. The molecular formula is C96H168N4O49. The first-order chi connectivity index (χ1) is 71.0. The zero-order chi connectivity index (χ0) is 110. The normalized spacial score (nSPS) is 37.9. The summed E-state index contributed by atoms with van der Waals surface area (Å²) in [5.74, 6) is -15.5. The van der Waals surface area contributed by atoms with E-state index < -0.39 is 377 Å². The molecule has 8 fully saturated rings. The van der Waals surface area contributed by atoms with Gasteiger partial charge in [0.05, 0.1) is 95.9 Å². The van der Waals surface area contributed by atoms with Gasteiger partial charge in [-0.25, -0.2) is 9.59 Å². The van der Waals surface area contributed by atoms with Crippen LogP contribution in [0.25, 0.3) is 0 Å². The molecular weight excluding hydrogens is 1990 g/mol. The summed E-state index contributed by atoms with van der Waals surface area (Å²) in [6, 6.07) is -7.51. The summed E-state index contributed by atoms with van der Waals surface area (Å²) >= 11 is 0. The lowest BCUT2D eigenvalue weighted by molar-refractivity contribution is -0.406. The highest BCUT2D eigenvalue weighted by atomic mass is 16.8. The van der Waals surface area contributed by atoms with Crippen molar-refractivity contribution < 1.29 is 242 Å². The van der Waals surface area contributed by atoms with Crippen molar-refractivity contribution in [1.82, 2.24) is 21.3 Å². The lowest BCUT2D eigenvalue weighted by atomic mass is 9.87. The molecule has 8 heterocycles. The third kappa shape index (κ3) is 35.7. The number of ether oxygens (including phenoxy) is 16. The molecule has 0 aromatic rings. The maximum atomic E-state index is 14.7. The number of aliphatic hydroxyl groups is 25. The first-order valence-corrected chi connectivity index (χ1v) is 52.3. The zero-order valence-corrected chi connectivity index (χ0v) is 85.0. The highest BCUT2D eigenvalue weighted by molar-refractivity contribution is 5.78. The summed E-state index contributed by atoms with van der Waals surface area (Å²) in [6.45, 7) is -3.89. The number of aliphatic hydroxyl groups excluding tert-OH is 25. The van der Waals surface area contributed by atoms with E-state index in [1.807, 2.05) is 0 Å². The Balaban J connectivity index is 1.12. The van der Waals surface area contributed by atoms with Crippen molar-refractivity contribution in [2.75, 3.05) is 59.5 Å². The van der Waals surface area contributed by atoms with Crippen LogP contribution >= 0.6 is 0 Å². The molecule has 8 saturated heterocycles. The number of carboxylic acid groups (broad SMARTS) is 2. The minimum absolute atomic E-state index is 0.0501. The molecule has 0 aromatic heterocycles. The number of unbranched alkanes of at least 4 members (excludes halogenated alkanes) is 25. The largest absolute Gasteiger partial charge is 0.477 e. The molecule has 149 heavy (non-hydrogen) atoms. The molecule has 53 nitrogen and oxygen atoms in total. The predicted octanol–water partition coefficient (Wildman–Crippen LogP) is -8.22. The average Bonchev–Trinajstić information content (AvgIpc) is 0.730. The maximum Gasteiger partial charge on any atom is 0.364 e. The molecule has 0 saturated carbocycles. The van der Waals surface area contributed by atoms with E-state index in [4.69, 9.17) is 75.8 Å². The van der Waals surface area contributed by atoms with Gasteiger partial charge in [0.1, 0.15) is 183 Å². The molecule has 0 spiro atoms. The summed E-state index contributed by atoms with van der Waals surface area (Å²) in [6.07, 6.45) is -57.2. The Bertz CT molecular complexity index is 3890. The third-order valence-corrected chi connectivity index (χ3v) is 28.3. The van der Waals surface area contributed by atoms with E-state index >= 15 is 0 Å². The van der Waals surface area contributed by atoms with Gasteiger partial charge in [0.25, 0.3) is 11.6 Å². The SMILES string of the molecule is CCCCCCCCCCCCC/C=C/[C@@H](O)[C@H](CO[C@@H]1OC(CO)[C@@H](O[C@@H]2OC(CO)[C@H](O[C@@H]3OC(CO)[C@H](O)[C@H](O[C@@H]4OC(CO)[C@H](O)[C@H](O[C@H]5OC(CO)[C@H](O)[C@H](O[C@H]6OC(CO)[C@H](O)[C@H](O)C6O)C5O)C4O)C3NC(C)=O)[C@H](O[C@]3(C(=O)O)CC(O)[C@@H](NC(C)=O)C([C@H](O)[C@@H](CO)O[C@]4(C(=O)O)CC(O)[C@@H](NC(C)=O)C([C@H](O)[C@H](O)CO)O4)O3)C2O)[C@H](O)C1O)NC(=O)CCCCCCCCCCCCCCCCC. The van der Waals surface area contributed by atoms with Crippen LogP contribution in [0.2, 0.25) is 0 Å². The second-order valence-electron chi connectivity index (χ2n) is 39.9. The number of hydrogen-bond donors (Lipinski definition) is 31. The molecule has 4 amide bonds. The van der Waals surface area contributed by atoms with Crippen LogP contribution in [-0.2, 0) is 105 Å². The number of rotatable bonds is 65. The van der Waals surface area contributed by atoms with Crippen LogP contribution in [0.3, 0.4) is 0 Å². The van der Waals surface area contributed by atoms with Gasteiger partial charge in [0.2, 0.25) is 23.6 Å². The minimum Gasteiger partial charge on any atom is -0.477 e. The number of carboxylic acids is 2. The molecule has 53 heteroatoms. The van der Waals surface area contributed by atoms with E-state index in [0.717, 1.165) is 104 Å². The molecule has 44 atom stereocenters. The number of carbonyl (C=O) groups is 6. The standard InChI is InChI=1S/C96H168N4O49/c1-6-8-10-12-14-16-18-20-21-23-25-27-29-31-33-35-62(116)100-50(51(112)34-32-30-28-26-24-22-19-17-15-13-11-9-7-2)46-134-88-75(126)73(124)79(60(44-107)139-88)141-92-78(129)86(149-96(94(132)133)37-53(114)64(98-48(4)110)83(148-96)71(122)59(43-106)146-95(93(130)131)36-52(113)63(97-47(3)109)82(147-95)66(117)54(115)38-101)80(61(45-108)140-92)142-87-65(99-49(5)111)81(68(119)56(40-103)135-87)143-90-76(127)85(70(121)57(41-104)137-90)145-91-77(128)84(69(120)58(42-105)138-91)144-89-74(125)72(123)67(118)55(39-102)136-89/h32,34,50-61,63-92,101-108,112-115,117-129H,6-31,33,35-46H2,1-5H3,(H,97,109)(H,98,110)(H,99,111)(H,100,116)(H,130,131)(H,132,133)/b34-32+/t50-,51+,52?,53?,54+,55?,56?,57?,58?,59+,60?,61?,63+,64+,65?,66+,67-,68-,69-,70-,71+,72-,73+,74?,75?,76?,77?,78?,79+,80-,81+,82?,83?,84-,85-,86+,87-,88+,89+,90-,91+,92-,95+,96-/m0/s1. The molecule has 866 valence electrons. The fraction of sp³-hybridized carbons (Fsp3) is 0.917. The van der Waals surface area contributed by atoms with Gasteiger partial charge in [0, 0.05) is 40.0 Å². The molecule has 0 radical (unpaired) electrons. The summed E-state index contributed by atoms with van der Waals surface area (Å²) < 4.78 is 95.9. The number of aliphatic carboxylic acids is 2. The second-order valence-corrected chi connectivity index (χ2v) is 39.9. The number of carbonyl (C=O) groups excluding carboxylic acids is 4. The Hall–Kier alpha value is -5.08. The Labute approximate surface area is 863 Å². The van der Waals surface area contributed by atoms with Crippen molar-refractivity contribution in [3.63, 3.8) is 0 Å². The smallest absolute Gasteiger partial charge is 0.364 e. The van der Waals surface area contributed by atoms with Crippen LogP contribution in [0.15, 0.2) is 12.2 Å². The van der Waals surface area contributed by atoms with Gasteiger partial charge in [-0.05, 0) is 19.3 Å². The number of amides is 4. The van der Waals surface area contributed by atoms with Crippen molar-refractivity contribution >= 4 is 35.6 Å². The van der Waals surface area contributed by atoms with E-state index in [9.17, 15) is 167 Å². The lowest BCUT2D eigenvalue weighted by Gasteiger charge is -2.53. The van der Waals surface area contributed by atoms with E-state index in [0.29, 0.717) is 12.8 Å². The fourth-order valence-electron chi connectivity index (χ4n) is 19.9. The molecule has 0 aliphatic carbocycles. The summed E-state index contributed by atoms with van der Waals surface area (Å²) in [7, 11) is 0. The van der Waals surface area contributed by atoms with Gasteiger partial charge < -0.3 is 235 Å². The van der Waals surface area contributed by atoms with Crippen LogP contribution in [-0.4, -0.2) is 502 Å². The Morgan fingerprint density at radius 2 is 0.718 bits per heavy atom. The second kappa shape index (κ2) is 64.1. The van der Waals surface area contributed by atoms with Crippen LogP contribution in [0.1, 0.15) is 227 Å². The third-order valence-electron chi connectivity index (χ3n) is 28.3. The first-order valence-electron chi connectivity index (χ1n) is 52.3. The number of nitrogens with one attached hydrogen (secondary N) is 4. The maximum absolute atomic E-state index is 14.7. The molecule has 8 rings (SSSR count). The van der Waals surface area contributed by atoms with Crippen molar-refractivity contribution in [3.05, 3.63) is 12.2 Å². The summed E-state index contributed by atoms with van der Waals surface area (Å²) in [5.41, 5.74) is 0. The number of hydrogen-bond acceptors (Lipinski definition) is 47. The first kappa shape index (κ1) is 129. The predicted molar refractivity (Wildman–Crippen MR) is 505 cm³/mol. The topological polar surface area (TPSA) is 844 Å². The van der Waals surface area contributed by atoms with Gasteiger partial charge in [0.15, 0.2) is 37.7 Å². The van der Waals surface area contributed by atoms with E-state index in [1.165, 1.54) is 83.1 Å². The van der Waals surface area contributed by atoms with Gasteiger partial charge in [-0.3, -0.25) is 19.2 Å². The van der Waals surface area contributed by atoms with Gasteiger partial charge >= 0.3 is 11.9 Å². The van der Waals surface area contributed by atoms with Crippen molar-refractivity contribution in [1.29, 1.82) is 0 Å². The van der Waals surface area contributed by atoms with E-state index in [-0.39, 0.29) is 6.42 Å². The van der Waals surface area contributed by atoms with Crippen LogP contribution in [0.4, 0.5) is 0 Å². The average molecular weight is 2160 g/mol. The molecule has 16 unspecified atom stereocenters. The zero-order valence-electron chi connectivity index (χ0n) is 85.0. The highest BCUT2D eigenvalue weighted by Crippen LogP contribution is 2.45. The molecule has 8 aliphatic heterocycles. The number of allylic oxidation sites excluding steroid dienone is 1. The fourth-order valence-corrected chi connectivity index (χ4v) is 19.9. The minimum atomic E-state index is -3.80. The van der Waals surface area contributed by atoms with Crippen LogP contribution in [0.5, 0.6) is 0 Å². The Morgan fingerprint density at radius 3 is 1.16 bits per heavy atom. The Morgan fingerprint density at radius 1 is 0.362 bits per heavy atom. The molecule has 0 aromatic carbocycles. The van der Waals surface area contributed by atoms with Gasteiger partial charge in [-0.2, -0.15) is 0 Å². The Kier molecular flexibility index (Phi) is 55.5. The highest BCUT2D eigenvalue weighted by Gasteiger charge is 2.65. The van der Waals surface area contributed by atoms with Crippen molar-refractivity contribution in [2.24, 2.45) is 0 Å².